The number of amides is 1. The smallest absolute Gasteiger partial charge is 0.279 e. The monoisotopic (exact) mass is 335 g/mol. The van der Waals surface area contributed by atoms with Crippen molar-refractivity contribution in [3.8, 4) is 5.75 Å². The minimum atomic E-state index is 0.0161. The molecule has 0 bridgehead atoms. The Bertz CT molecular complexity index is 854. The number of carbonyl (C=O) groups is 1. The summed E-state index contributed by atoms with van der Waals surface area (Å²) in [5.74, 6) is 0.859. The first-order valence-electron chi connectivity index (χ1n) is 8.37. The minimum Gasteiger partial charge on any atom is -0.497 e. The predicted octanol–water partition coefficient (Wildman–Crippen LogP) is 2.50. The second kappa shape index (κ2) is 7.81. The zero-order valence-corrected chi connectivity index (χ0v) is 14.6. The van der Waals surface area contributed by atoms with Crippen LogP contribution in [0.25, 0.3) is 10.8 Å². The maximum atomic E-state index is 12.4. The zero-order valence-electron chi connectivity index (χ0n) is 14.6. The van der Waals surface area contributed by atoms with Crippen LogP contribution in [0.1, 0.15) is 5.56 Å². The molecule has 0 radical (unpaired) electrons. The predicted molar refractivity (Wildman–Crippen MR) is 101 cm³/mol. The number of hydrogen-bond donors (Lipinski definition) is 2. The number of hydrogen-bond acceptors (Lipinski definition) is 2. The van der Waals surface area contributed by atoms with Crippen molar-refractivity contribution in [2.75, 3.05) is 26.0 Å². The van der Waals surface area contributed by atoms with Crippen LogP contribution in [0, 0.1) is 0 Å². The van der Waals surface area contributed by atoms with Gasteiger partial charge in [-0.15, -0.1) is 0 Å². The Morgan fingerprint density at radius 3 is 2.48 bits per heavy atom. The second-order valence-electron chi connectivity index (χ2n) is 6.23. The molecule has 0 fully saturated rings. The maximum absolute atomic E-state index is 12.4. The molecular formula is C21H23N2O2+. The maximum Gasteiger partial charge on any atom is 0.279 e. The lowest BCUT2D eigenvalue weighted by Gasteiger charge is -2.15. The number of quaternary nitrogens is 1. The van der Waals surface area contributed by atoms with Gasteiger partial charge >= 0.3 is 0 Å². The standard InChI is InChI=1S/C21H22N2O2/c1-23(14-16-10-12-18(25-2)13-11-16)15-21(24)22-20-9-5-7-17-6-3-4-8-19(17)20/h3-13H,14-15H2,1-2H3,(H,22,24)/p+1. The van der Waals surface area contributed by atoms with Crippen LogP contribution in [0.15, 0.2) is 66.7 Å². The van der Waals surface area contributed by atoms with Crippen LogP contribution < -0.4 is 15.0 Å². The lowest BCUT2D eigenvalue weighted by Crippen LogP contribution is -3.08. The van der Waals surface area contributed by atoms with Gasteiger partial charge in [0.2, 0.25) is 0 Å². The highest BCUT2D eigenvalue weighted by Crippen LogP contribution is 2.22. The minimum absolute atomic E-state index is 0.0161. The highest BCUT2D eigenvalue weighted by atomic mass is 16.5. The third-order valence-corrected chi connectivity index (χ3v) is 4.19. The van der Waals surface area contributed by atoms with Crippen molar-refractivity contribution in [2.45, 2.75) is 6.54 Å². The van der Waals surface area contributed by atoms with E-state index in [1.807, 2.05) is 73.8 Å². The number of likely N-dealkylation sites (N-methyl/N-ethyl adjacent to an activating group) is 1. The topological polar surface area (TPSA) is 42.8 Å². The summed E-state index contributed by atoms with van der Waals surface area (Å²) >= 11 is 0. The van der Waals surface area contributed by atoms with E-state index in [0.29, 0.717) is 6.54 Å². The Morgan fingerprint density at radius 1 is 1.00 bits per heavy atom. The second-order valence-corrected chi connectivity index (χ2v) is 6.23. The molecule has 4 nitrogen and oxygen atoms in total. The lowest BCUT2D eigenvalue weighted by atomic mass is 10.1. The number of carbonyl (C=O) groups excluding carboxylic acids is 1. The third-order valence-electron chi connectivity index (χ3n) is 4.19. The van der Waals surface area contributed by atoms with Gasteiger partial charge in [0.05, 0.1) is 14.2 Å². The summed E-state index contributed by atoms with van der Waals surface area (Å²) in [6.07, 6.45) is 0. The number of methoxy groups -OCH3 is 1. The highest BCUT2D eigenvalue weighted by Gasteiger charge is 2.12. The summed E-state index contributed by atoms with van der Waals surface area (Å²) in [6.45, 7) is 1.20. The van der Waals surface area contributed by atoms with Crippen LogP contribution in [0.3, 0.4) is 0 Å². The molecule has 0 spiro atoms. The summed E-state index contributed by atoms with van der Waals surface area (Å²) in [7, 11) is 3.68. The van der Waals surface area contributed by atoms with Crippen molar-refractivity contribution in [1.82, 2.24) is 0 Å². The fraction of sp³-hybridized carbons (Fsp3) is 0.190. The van der Waals surface area contributed by atoms with E-state index in [1.54, 1.807) is 7.11 Å². The van der Waals surface area contributed by atoms with Gasteiger partial charge in [-0.1, -0.05) is 36.4 Å². The fourth-order valence-corrected chi connectivity index (χ4v) is 2.96. The SMILES string of the molecule is COc1ccc(C[NH+](C)CC(=O)Nc2cccc3ccccc23)cc1. The van der Waals surface area contributed by atoms with Crippen LogP contribution in [0.5, 0.6) is 5.75 Å². The lowest BCUT2D eigenvalue weighted by molar-refractivity contribution is -0.885. The summed E-state index contributed by atoms with van der Waals surface area (Å²) < 4.78 is 5.17. The molecule has 2 N–H and O–H groups in total. The van der Waals surface area contributed by atoms with Crippen LogP contribution in [-0.2, 0) is 11.3 Å². The normalized spacial score (nSPS) is 11.9. The molecule has 25 heavy (non-hydrogen) atoms. The Hall–Kier alpha value is -2.85. The Morgan fingerprint density at radius 2 is 1.72 bits per heavy atom. The van der Waals surface area contributed by atoms with Gasteiger partial charge in [0.1, 0.15) is 12.3 Å². The van der Waals surface area contributed by atoms with E-state index in [0.717, 1.165) is 33.7 Å². The summed E-state index contributed by atoms with van der Waals surface area (Å²) in [6, 6.07) is 22.0. The summed E-state index contributed by atoms with van der Waals surface area (Å²) in [4.78, 5) is 13.5. The van der Waals surface area contributed by atoms with E-state index in [2.05, 4.69) is 5.32 Å². The van der Waals surface area contributed by atoms with Crippen LogP contribution in [-0.4, -0.2) is 26.6 Å². The molecule has 0 saturated carbocycles. The van der Waals surface area contributed by atoms with Gasteiger partial charge in [-0.25, -0.2) is 0 Å². The Kier molecular flexibility index (Phi) is 5.31. The quantitative estimate of drug-likeness (QED) is 0.727. The van der Waals surface area contributed by atoms with Gasteiger partial charge in [0.25, 0.3) is 5.91 Å². The number of nitrogens with one attached hydrogen (secondary N) is 2. The highest BCUT2D eigenvalue weighted by molar-refractivity contribution is 6.02. The molecule has 3 rings (SSSR count). The molecule has 0 heterocycles. The average molecular weight is 335 g/mol. The Labute approximate surface area is 148 Å². The van der Waals surface area contributed by atoms with Crippen molar-refractivity contribution in [1.29, 1.82) is 0 Å². The van der Waals surface area contributed by atoms with E-state index in [-0.39, 0.29) is 5.91 Å². The Balaban J connectivity index is 1.61. The molecule has 128 valence electrons. The zero-order chi connectivity index (χ0) is 17.6. The molecule has 0 aliphatic rings. The van der Waals surface area contributed by atoms with E-state index < -0.39 is 0 Å². The molecule has 4 heteroatoms. The molecule has 0 aliphatic carbocycles. The first-order valence-corrected chi connectivity index (χ1v) is 8.37. The molecule has 3 aromatic rings. The van der Waals surface area contributed by atoms with Gasteiger partial charge in [0.15, 0.2) is 6.54 Å². The van der Waals surface area contributed by atoms with Crippen molar-refractivity contribution >= 4 is 22.4 Å². The summed E-state index contributed by atoms with van der Waals surface area (Å²) in [5, 5.41) is 5.23. The average Bonchev–Trinajstić information content (AvgIpc) is 2.62. The van der Waals surface area contributed by atoms with Crippen molar-refractivity contribution in [3.63, 3.8) is 0 Å². The first kappa shape index (κ1) is 17.0. The molecule has 0 aromatic heterocycles. The van der Waals surface area contributed by atoms with Crippen molar-refractivity contribution in [3.05, 3.63) is 72.3 Å². The van der Waals surface area contributed by atoms with E-state index in [9.17, 15) is 4.79 Å². The molecule has 1 unspecified atom stereocenters. The van der Waals surface area contributed by atoms with Crippen LogP contribution >= 0.6 is 0 Å². The molecule has 0 aliphatic heterocycles. The van der Waals surface area contributed by atoms with Gasteiger partial charge in [0, 0.05) is 16.6 Å². The molecule has 3 aromatic carbocycles. The number of benzene rings is 3. The van der Waals surface area contributed by atoms with Gasteiger partial charge < -0.3 is 15.0 Å². The largest absolute Gasteiger partial charge is 0.497 e. The van der Waals surface area contributed by atoms with Gasteiger partial charge in [-0.05, 0) is 35.7 Å². The van der Waals surface area contributed by atoms with E-state index in [1.165, 1.54) is 5.56 Å². The number of fused-ring (bicyclic) bond motifs is 1. The van der Waals surface area contributed by atoms with Crippen LogP contribution in [0.2, 0.25) is 0 Å². The van der Waals surface area contributed by atoms with Gasteiger partial charge in [-0.3, -0.25) is 4.79 Å². The van der Waals surface area contributed by atoms with Gasteiger partial charge in [-0.2, -0.15) is 0 Å². The van der Waals surface area contributed by atoms with Crippen molar-refractivity contribution < 1.29 is 14.4 Å². The third kappa shape index (κ3) is 4.37. The molecular weight excluding hydrogens is 312 g/mol. The molecule has 1 amide bonds. The molecule has 1 atom stereocenters. The molecule has 0 saturated heterocycles. The van der Waals surface area contributed by atoms with E-state index in [4.69, 9.17) is 4.74 Å². The van der Waals surface area contributed by atoms with E-state index >= 15 is 0 Å². The van der Waals surface area contributed by atoms with Crippen LogP contribution in [0.4, 0.5) is 5.69 Å². The number of rotatable bonds is 6. The number of anilines is 1. The van der Waals surface area contributed by atoms with Crippen molar-refractivity contribution in [2.24, 2.45) is 0 Å². The summed E-state index contributed by atoms with van der Waals surface area (Å²) in [5.41, 5.74) is 2.04. The fourth-order valence-electron chi connectivity index (χ4n) is 2.96. The first-order chi connectivity index (χ1) is 12.2. The number of ether oxygens (including phenoxy) is 1.